The number of pyridine rings is 1. The molecule has 0 radical (unpaired) electrons. The predicted octanol–water partition coefficient (Wildman–Crippen LogP) is 0.552. The van der Waals surface area contributed by atoms with Gasteiger partial charge >= 0.3 is 0 Å². The molecule has 0 amide bonds. The quantitative estimate of drug-likeness (QED) is 0.808. The Morgan fingerprint density at radius 1 is 1.19 bits per heavy atom. The molecule has 1 aromatic heterocycles. The number of hydrogen-bond acceptors (Lipinski definition) is 4. The lowest BCUT2D eigenvalue weighted by Crippen LogP contribution is -2.34. The summed E-state index contributed by atoms with van der Waals surface area (Å²) in [7, 11) is 0. The van der Waals surface area contributed by atoms with Gasteiger partial charge in [0.25, 0.3) is 0 Å². The van der Waals surface area contributed by atoms with Crippen LogP contribution in [0.25, 0.3) is 0 Å². The van der Waals surface area contributed by atoms with Crippen molar-refractivity contribution in [1.29, 1.82) is 0 Å². The van der Waals surface area contributed by atoms with Crippen LogP contribution >= 0.6 is 0 Å². The van der Waals surface area contributed by atoms with Crippen molar-refractivity contribution in [3.63, 3.8) is 0 Å². The standard InChI is InChI=1S/C12H20N4/c13-5-9-15-7-3-8-16(11-10-15)12-4-1-2-6-14-12/h1-2,4,6H,3,5,7-11,13H2. The molecule has 2 N–H and O–H groups in total. The van der Waals surface area contributed by atoms with Gasteiger partial charge < -0.3 is 15.5 Å². The first-order chi connectivity index (χ1) is 7.90. The highest BCUT2D eigenvalue weighted by molar-refractivity contribution is 5.37. The van der Waals surface area contributed by atoms with Gasteiger partial charge in [-0.05, 0) is 25.1 Å². The molecule has 0 spiro atoms. The van der Waals surface area contributed by atoms with E-state index >= 15 is 0 Å². The third-order valence-corrected chi connectivity index (χ3v) is 3.01. The van der Waals surface area contributed by atoms with Crippen molar-refractivity contribution in [2.45, 2.75) is 6.42 Å². The Bertz CT molecular complexity index is 301. The highest BCUT2D eigenvalue weighted by Gasteiger charge is 2.14. The van der Waals surface area contributed by atoms with Crippen molar-refractivity contribution in [1.82, 2.24) is 9.88 Å². The van der Waals surface area contributed by atoms with Crippen LogP contribution in [0.3, 0.4) is 0 Å². The van der Waals surface area contributed by atoms with Gasteiger partial charge in [-0.3, -0.25) is 0 Å². The second-order valence-corrected chi connectivity index (χ2v) is 4.16. The Hall–Kier alpha value is -1.13. The minimum atomic E-state index is 0.754. The molecule has 2 rings (SSSR count). The molecule has 1 saturated heterocycles. The van der Waals surface area contributed by atoms with Gasteiger partial charge in [0.2, 0.25) is 0 Å². The molecule has 0 aliphatic carbocycles. The number of hydrogen-bond donors (Lipinski definition) is 1. The lowest BCUT2D eigenvalue weighted by Gasteiger charge is -2.22. The molecule has 1 aliphatic rings. The predicted molar refractivity (Wildman–Crippen MR) is 66.6 cm³/mol. The summed E-state index contributed by atoms with van der Waals surface area (Å²) in [6.45, 7) is 6.16. The average Bonchev–Trinajstić information content (AvgIpc) is 2.57. The van der Waals surface area contributed by atoms with Crippen LogP contribution in [-0.2, 0) is 0 Å². The summed E-state index contributed by atoms with van der Waals surface area (Å²) in [5.74, 6) is 1.09. The van der Waals surface area contributed by atoms with Crippen molar-refractivity contribution >= 4 is 5.82 Å². The molecule has 1 fully saturated rings. The lowest BCUT2D eigenvalue weighted by molar-refractivity contribution is 0.302. The Balaban J connectivity index is 1.94. The molecule has 1 aromatic rings. The van der Waals surface area contributed by atoms with E-state index in [4.69, 9.17) is 5.73 Å². The van der Waals surface area contributed by atoms with E-state index in [-0.39, 0.29) is 0 Å². The van der Waals surface area contributed by atoms with E-state index in [0.29, 0.717) is 0 Å². The maximum atomic E-state index is 5.59. The Morgan fingerprint density at radius 2 is 2.12 bits per heavy atom. The number of aromatic nitrogens is 1. The van der Waals surface area contributed by atoms with Crippen molar-refractivity contribution < 1.29 is 0 Å². The molecule has 0 unspecified atom stereocenters. The van der Waals surface area contributed by atoms with Gasteiger partial charge in [0.05, 0.1) is 0 Å². The molecule has 88 valence electrons. The molecule has 2 heterocycles. The fourth-order valence-corrected chi connectivity index (χ4v) is 2.15. The smallest absolute Gasteiger partial charge is 0.128 e. The average molecular weight is 220 g/mol. The fourth-order valence-electron chi connectivity index (χ4n) is 2.15. The zero-order valence-corrected chi connectivity index (χ0v) is 9.68. The summed E-state index contributed by atoms with van der Waals surface area (Å²) >= 11 is 0. The zero-order chi connectivity index (χ0) is 11.2. The summed E-state index contributed by atoms with van der Waals surface area (Å²) in [4.78, 5) is 9.19. The highest BCUT2D eigenvalue weighted by Crippen LogP contribution is 2.12. The van der Waals surface area contributed by atoms with Gasteiger partial charge in [0.15, 0.2) is 0 Å². The number of rotatable bonds is 3. The third-order valence-electron chi connectivity index (χ3n) is 3.01. The minimum absolute atomic E-state index is 0.754. The maximum Gasteiger partial charge on any atom is 0.128 e. The zero-order valence-electron chi connectivity index (χ0n) is 9.68. The van der Waals surface area contributed by atoms with Crippen LogP contribution in [0.4, 0.5) is 5.82 Å². The first kappa shape index (κ1) is 11.4. The van der Waals surface area contributed by atoms with Crippen LogP contribution < -0.4 is 10.6 Å². The molecule has 16 heavy (non-hydrogen) atoms. The molecule has 0 atom stereocenters. The Morgan fingerprint density at radius 3 is 2.88 bits per heavy atom. The summed E-state index contributed by atoms with van der Waals surface area (Å²) in [6.07, 6.45) is 3.05. The van der Waals surface area contributed by atoms with E-state index in [1.54, 1.807) is 0 Å². The SMILES string of the molecule is NCCN1CCCN(c2ccccn2)CC1. The molecule has 0 aromatic carbocycles. The van der Waals surface area contributed by atoms with E-state index in [1.165, 1.54) is 6.42 Å². The van der Waals surface area contributed by atoms with Crippen molar-refractivity contribution in [2.75, 3.05) is 44.2 Å². The number of nitrogens with two attached hydrogens (primary N) is 1. The second-order valence-electron chi connectivity index (χ2n) is 4.16. The summed E-state index contributed by atoms with van der Waals surface area (Å²) < 4.78 is 0. The van der Waals surface area contributed by atoms with Gasteiger partial charge in [0, 0.05) is 38.9 Å². The number of nitrogens with zero attached hydrogens (tertiary/aromatic N) is 3. The van der Waals surface area contributed by atoms with Crippen LogP contribution in [0.5, 0.6) is 0 Å². The molecule has 4 nitrogen and oxygen atoms in total. The Labute approximate surface area is 97.1 Å². The summed E-state index contributed by atoms with van der Waals surface area (Å²) in [5.41, 5.74) is 5.59. The van der Waals surface area contributed by atoms with Gasteiger partial charge in [-0.2, -0.15) is 0 Å². The third kappa shape index (κ3) is 2.93. The monoisotopic (exact) mass is 220 g/mol. The van der Waals surface area contributed by atoms with Gasteiger partial charge in [0.1, 0.15) is 5.82 Å². The van der Waals surface area contributed by atoms with Crippen molar-refractivity contribution in [3.8, 4) is 0 Å². The largest absolute Gasteiger partial charge is 0.355 e. The first-order valence-electron chi connectivity index (χ1n) is 5.98. The molecule has 0 bridgehead atoms. The van der Waals surface area contributed by atoms with Crippen LogP contribution in [0, 0.1) is 0 Å². The second kappa shape index (κ2) is 5.82. The van der Waals surface area contributed by atoms with Gasteiger partial charge in [-0.1, -0.05) is 6.07 Å². The van der Waals surface area contributed by atoms with E-state index in [0.717, 1.165) is 45.1 Å². The normalized spacial score (nSPS) is 18.4. The first-order valence-corrected chi connectivity index (χ1v) is 5.98. The van der Waals surface area contributed by atoms with Crippen molar-refractivity contribution in [3.05, 3.63) is 24.4 Å². The minimum Gasteiger partial charge on any atom is -0.355 e. The van der Waals surface area contributed by atoms with Crippen LogP contribution in [0.1, 0.15) is 6.42 Å². The molecular formula is C12H20N4. The van der Waals surface area contributed by atoms with Crippen LogP contribution in [0.2, 0.25) is 0 Å². The summed E-state index contributed by atoms with van der Waals surface area (Å²) in [6, 6.07) is 6.09. The maximum absolute atomic E-state index is 5.59. The highest BCUT2D eigenvalue weighted by atomic mass is 15.2. The fraction of sp³-hybridized carbons (Fsp3) is 0.583. The summed E-state index contributed by atoms with van der Waals surface area (Å²) in [5, 5.41) is 0. The van der Waals surface area contributed by atoms with E-state index < -0.39 is 0 Å². The Kier molecular flexibility index (Phi) is 4.13. The topological polar surface area (TPSA) is 45.4 Å². The molecule has 4 heteroatoms. The lowest BCUT2D eigenvalue weighted by atomic mass is 10.3. The van der Waals surface area contributed by atoms with Gasteiger partial charge in [-0.15, -0.1) is 0 Å². The number of anilines is 1. The molecule has 0 saturated carbocycles. The van der Waals surface area contributed by atoms with E-state index in [1.807, 2.05) is 18.3 Å². The van der Waals surface area contributed by atoms with Gasteiger partial charge in [-0.25, -0.2) is 4.98 Å². The molecule has 1 aliphatic heterocycles. The van der Waals surface area contributed by atoms with Crippen LogP contribution in [0.15, 0.2) is 24.4 Å². The van der Waals surface area contributed by atoms with E-state index in [2.05, 4.69) is 20.9 Å². The molecular weight excluding hydrogens is 200 g/mol. The van der Waals surface area contributed by atoms with E-state index in [9.17, 15) is 0 Å². The van der Waals surface area contributed by atoms with Crippen molar-refractivity contribution in [2.24, 2.45) is 5.73 Å². The van der Waals surface area contributed by atoms with Crippen LogP contribution in [-0.4, -0.2) is 49.2 Å².